The van der Waals surface area contributed by atoms with Crippen molar-refractivity contribution in [2.75, 3.05) is 6.61 Å². The van der Waals surface area contributed by atoms with Crippen molar-refractivity contribution in [3.8, 4) is 0 Å². The van der Waals surface area contributed by atoms with Gasteiger partial charge in [-0.25, -0.2) is 4.79 Å². The molecule has 0 bridgehead atoms. The van der Waals surface area contributed by atoms with Crippen LogP contribution in [0.25, 0.3) is 0 Å². The molecule has 0 unspecified atom stereocenters. The molecule has 0 fully saturated rings. The minimum Gasteiger partial charge on any atom is -0.467 e. The fourth-order valence-corrected chi connectivity index (χ4v) is 0.155. The number of hydrogen-bond donors (Lipinski definition) is 1. The summed E-state index contributed by atoms with van der Waals surface area (Å²) in [4.78, 5) is 9.52. The van der Waals surface area contributed by atoms with Gasteiger partial charge < -0.3 is 9.84 Å². The van der Waals surface area contributed by atoms with Gasteiger partial charge in [-0.15, -0.1) is 0 Å². The Bertz CT molecular complexity index is 64.3. The van der Waals surface area contributed by atoms with E-state index in [0.717, 1.165) is 0 Å². The summed E-state index contributed by atoms with van der Waals surface area (Å²) in [6, 6.07) is 0. The van der Waals surface area contributed by atoms with E-state index in [4.69, 9.17) is 5.11 Å². The molecule has 0 rings (SSSR count). The van der Waals surface area contributed by atoms with E-state index >= 15 is 0 Å². The molecule has 0 spiro atoms. The minimum atomic E-state index is -1.22. The van der Waals surface area contributed by atoms with E-state index < -0.39 is 6.16 Å². The molecular formula is C4H7O3Y-. The maximum absolute atomic E-state index is 9.52. The number of carboxylic acid groups (broad SMARTS) is 1. The molecule has 1 N–H and O–H groups in total. The second-order valence-electron chi connectivity index (χ2n) is 0.985. The second kappa shape index (κ2) is 7.37. The van der Waals surface area contributed by atoms with Crippen LogP contribution in [0.15, 0.2) is 0 Å². The van der Waals surface area contributed by atoms with Crippen LogP contribution in [0, 0.1) is 6.42 Å². The molecule has 8 heavy (non-hydrogen) atoms. The summed E-state index contributed by atoms with van der Waals surface area (Å²) in [5.41, 5.74) is 0. The van der Waals surface area contributed by atoms with Gasteiger partial charge in [-0.05, 0) is 6.61 Å². The van der Waals surface area contributed by atoms with Gasteiger partial charge in [0.05, 0.1) is 0 Å². The van der Waals surface area contributed by atoms with Crippen LogP contribution in [0.1, 0.15) is 6.92 Å². The average molecular weight is 192 g/mol. The normalized spacial score (nSPS) is 7.12. The first-order chi connectivity index (χ1) is 3.27. The Morgan fingerprint density at radius 2 is 2.38 bits per heavy atom. The topological polar surface area (TPSA) is 46.5 Å². The molecule has 45 valence electrons. The Kier molecular flexibility index (Phi) is 10.3. The molecule has 0 aliphatic rings. The van der Waals surface area contributed by atoms with Gasteiger partial charge >= 0.3 is 6.16 Å². The molecule has 0 aromatic carbocycles. The van der Waals surface area contributed by atoms with Gasteiger partial charge in [0.2, 0.25) is 0 Å². The second-order valence-corrected chi connectivity index (χ2v) is 0.985. The molecule has 0 saturated carbocycles. The Morgan fingerprint density at radius 3 is 2.50 bits per heavy atom. The summed E-state index contributed by atoms with van der Waals surface area (Å²) >= 11 is 0. The first-order valence-electron chi connectivity index (χ1n) is 1.91. The van der Waals surface area contributed by atoms with Crippen LogP contribution >= 0.6 is 0 Å². The molecule has 4 heteroatoms. The molecule has 0 saturated heterocycles. The van der Waals surface area contributed by atoms with Crippen molar-refractivity contribution in [2.24, 2.45) is 0 Å². The van der Waals surface area contributed by atoms with E-state index in [9.17, 15) is 4.79 Å². The van der Waals surface area contributed by atoms with Crippen molar-refractivity contribution in [2.45, 2.75) is 6.92 Å². The Balaban J connectivity index is 0. The number of ether oxygens (including phenoxy) is 1. The molecule has 0 amide bonds. The average Bonchev–Trinajstić information content (AvgIpc) is 1.61. The fraction of sp³-hybridized carbons (Fsp3) is 0.500. The van der Waals surface area contributed by atoms with Crippen LogP contribution in [0.2, 0.25) is 0 Å². The zero-order chi connectivity index (χ0) is 5.70. The molecule has 0 aromatic rings. The molecule has 0 aliphatic heterocycles. The minimum absolute atomic E-state index is 0. The van der Waals surface area contributed by atoms with Crippen LogP contribution in [0.5, 0.6) is 0 Å². The van der Waals surface area contributed by atoms with Gasteiger partial charge in [-0.1, -0.05) is 0 Å². The van der Waals surface area contributed by atoms with Gasteiger partial charge in [-0.3, -0.25) is 6.42 Å². The molecule has 0 aliphatic carbocycles. The predicted octanol–water partition coefficient (Wildman–Crippen LogP) is 0.903. The van der Waals surface area contributed by atoms with Gasteiger partial charge in [0.1, 0.15) is 0 Å². The van der Waals surface area contributed by atoms with Gasteiger partial charge in [0.25, 0.3) is 0 Å². The van der Waals surface area contributed by atoms with Crippen molar-refractivity contribution in [3.63, 3.8) is 0 Å². The zero-order valence-corrected chi connectivity index (χ0v) is 7.46. The van der Waals surface area contributed by atoms with Crippen molar-refractivity contribution >= 4 is 6.16 Å². The fourth-order valence-electron chi connectivity index (χ4n) is 0.155. The molecule has 0 aromatic heterocycles. The molecule has 3 nitrogen and oxygen atoms in total. The van der Waals surface area contributed by atoms with E-state index in [1.807, 2.05) is 0 Å². The first kappa shape index (κ1) is 11.2. The van der Waals surface area contributed by atoms with E-state index in [2.05, 4.69) is 4.74 Å². The number of rotatable bonds is 2. The third-order valence-corrected chi connectivity index (χ3v) is 0.373. The maximum Gasteiger partial charge on any atom is 0.503 e. The standard InChI is InChI=1S/C4H7O3.Y/c1-2-3-7-4(5)6;/h2H,3H2,1H3,(H,5,6);/q-1;. The van der Waals surface area contributed by atoms with Crippen LogP contribution in [0.4, 0.5) is 4.79 Å². The number of hydrogen-bond acceptors (Lipinski definition) is 2. The Hall–Kier alpha value is 0.374. The van der Waals surface area contributed by atoms with Crippen molar-refractivity contribution < 1.29 is 47.3 Å². The monoisotopic (exact) mass is 192 g/mol. The summed E-state index contributed by atoms with van der Waals surface area (Å²) < 4.78 is 4.05. The molecule has 0 atom stereocenters. The molecular weight excluding hydrogens is 185 g/mol. The van der Waals surface area contributed by atoms with E-state index in [1.165, 1.54) is 0 Å². The van der Waals surface area contributed by atoms with E-state index in [0.29, 0.717) is 0 Å². The molecule has 1 radical (unpaired) electrons. The number of carbonyl (C=O) groups is 1. The van der Waals surface area contributed by atoms with Gasteiger partial charge in [0, 0.05) is 32.7 Å². The third kappa shape index (κ3) is 9.62. The van der Waals surface area contributed by atoms with Crippen LogP contribution in [0.3, 0.4) is 0 Å². The van der Waals surface area contributed by atoms with Crippen LogP contribution in [-0.4, -0.2) is 17.9 Å². The summed E-state index contributed by atoms with van der Waals surface area (Å²) in [5, 5.41) is 7.80. The van der Waals surface area contributed by atoms with Gasteiger partial charge in [-0.2, -0.15) is 6.92 Å². The third-order valence-electron chi connectivity index (χ3n) is 0.373. The summed E-state index contributed by atoms with van der Waals surface area (Å²) in [5.74, 6) is 0. The Morgan fingerprint density at radius 1 is 1.88 bits per heavy atom. The van der Waals surface area contributed by atoms with Gasteiger partial charge in [0.15, 0.2) is 0 Å². The summed E-state index contributed by atoms with van der Waals surface area (Å²) in [6.07, 6.45) is 0.395. The van der Waals surface area contributed by atoms with Crippen LogP contribution in [-0.2, 0) is 37.4 Å². The largest absolute Gasteiger partial charge is 0.503 e. The van der Waals surface area contributed by atoms with Crippen LogP contribution < -0.4 is 0 Å². The maximum atomic E-state index is 9.52. The van der Waals surface area contributed by atoms with Crippen molar-refractivity contribution in [1.29, 1.82) is 0 Å². The van der Waals surface area contributed by atoms with E-state index in [-0.39, 0.29) is 39.3 Å². The summed E-state index contributed by atoms with van der Waals surface area (Å²) in [7, 11) is 0. The first-order valence-corrected chi connectivity index (χ1v) is 1.91. The zero-order valence-electron chi connectivity index (χ0n) is 4.63. The quantitative estimate of drug-likeness (QED) is 0.522. The summed E-state index contributed by atoms with van der Waals surface area (Å²) in [6.45, 7) is 1.90. The van der Waals surface area contributed by atoms with E-state index in [1.54, 1.807) is 13.3 Å². The Labute approximate surface area is 73.3 Å². The predicted molar refractivity (Wildman–Crippen MR) is 24.0 cm³/mol. The van der Waals surface area contributed by atoms with Crippen molar-refractivity contribution in [3.05, 3.63) is 6.42 Å². The SMILES string of the molecule is C[CH-]COC(=O)O.[Y]. The molecule has 0 heterocycles. The van der Waals surface area contributed by atoms with Crippen molar-refractivity contribution in [1.82, 2.24) is 0 Å². The smallest absolute Gasteiger partial charge is 0.467 e.